The van der Waals surface area contributed by atoms with Gasteiger partial charge in [-0.05, 0) is 45.1 Å². The molecule has 0 aromatic heterocycles. The Kier molecular flexibility index (Phi) is 7.33. The molecule has 0 aliphatic carbocycles. The fraction of sp³-hybridized carbons (Fsp3) is 0.562. The van der Waals surface area contributed by atoms with Crippen LogP contribution in [0.2, 0.25) is 0 Å². The minimum Gasteiger partial charge on any atom is -0.452 e. The highest BCUT2D eigenvalue weighted by molar-refractivity contribution is 5.87. The number of allylic oxidation sites excluding steroid dienone is 1. The van der Waals surface area contributed by atoms with E-state index in [0.717, 1.165) is 25.7 Å². The van der Waals surface area contributed by atoms with Crippen molar-refractivity contribution in [1.82, 2.24) is 0 Å². The van der Waals surface area contributed by atoms with E-state index >= 15 is 0 Å². The van der Waals surface area contributed by atoms with E-state index in [2.05, 4.69) is 26.7 Å². The summed E-state index contributed by atoms with van der Waals surface area (Å²) in [6.45, 7) is 16.8. The van der Waals surface area contributed by atoms with Gasteiger partial charge < -0.3 is 4.74 Å². The molecule has 0 radical (unpaired) electrons. The summed E-state index contributed by atoms with van der Waals surface area (Å²) in [6, 6.07) is 0. The first kappa shape index (κ1) is 16.7. The molecule has 2 unspecified atom stereocenters. The van der Waals surface area contributed by atoms with Crippen LogP contribution in [0.25, 0.3) is 0 Å². The Morgan fingerprint density at radius 2 is 2.06 bits per heavy atom. The summed E-state index contributed by atoms with van der Waals surface area (Å²) in [5, 5.41) is 0. The molecule has 0 heterocycles. The molecule has 18 heavy (non-hydrogen) atoms. The SMILES string of the molecule is C=CCC(CC)CCC(C)(C=C)OC(=O)C(=C)C. The molecule has 0 amide bonds. The lowest BCUT2D eigenvalue weighted by molar-refractivity contribution is -0.149. The Balaban J connectivity index is 4.47. The van der Waals surface area contributed by atoms with Gasteiger partial charge in [0.15, 0.2) is 0 Å². The lowest BCUT2D eigenvalue weighted by atomic mass is 9.90. The van der Waals surface area contributed by atoms with E-state index in [1.54, 1.807) is 13.0 Å². The maximum Gasteiger partial charge on any atom is 0.333 e. The zero-order chi connectivity index (χ0) is 14.2. The highest BCUT2D eigenvalue weighted by Gasteiger charge is 2.26. The van der Waals surface area contributed by atoms with Gasteiger partial charge in [0.2, 0.25) is 0 Å². The first-order valence-corrected chi connectivity index (χ1v) is 6.51. The predicted octanol–water partition coefficient (Wildman–Crippen LogP) is 4.43. The smallest absolute Gasteiger partial charge is 0.333 e. The second-order valence-corrected chi connectivity index (χ2v) is 5.02. The zero-order valence-corrected chi connectivity index (χ0v) is 12.0. The van der Waals surface area contributed by atoms with Crippen LogP contribution in [0, 0.1) is 5.92 Å². The lowest BCUT2D eigenvalue weighted by Gasteiger charge is -2.28. The largest absolute Gasteiger partial charge is 0.452 e. The van der Waals surface area contributed by atoms with E-state index < -0.39 is 5.60 Å². The number of carbonyl (C=O) groups excluding carboxylic acids is 1. The number of hydrogen-bond donors (Lipinski definition) is 0. The maximum atomic E-state index is 11.6. The van der Waals surface area contributed by atoms with Crippen molar-refractivity contribution in [3.63, 3.8) is 0 Å². The van der Waals surface area contributed by atoms with Crippen molar-refractivity contribution in [3.05, 3.63) is 37.5 Å². The standard InChI is InChI=1S/C16H26O2/c1-7-10-14(8-2)11-12-16(6,9-3)18-15(17)13(4)5/h7,9,14H,1,3-4,8,10-12H2,2,5-6H3. The van der Waals surface area contributed by atoms with E-state index in [0.29, 0.717) is 11.5 Å². The molecule has 0 fully saturated rings. The zero-order valence-electron chi connectivity index (χ0n) is 12.0. The Morgan fingerprint density at radius 3 is 2.44 bits per heavy atom. The summed E-state index contributed by atoms with van der Waals surface area (Å²) >= 11 is 0. The molecule has 0 rings (SSSR count). The average Bonchev–Trinajstić information content (AvgIpc) is 2.34. The van der Waals surface area contributed by atoms with Crippen molar-refractivity contribution in [1.29, 1.82) is 0 Å². The van der Waals surface area contributed by atoms with E-state index in [9.17, 15) is 4.79 Å². The van der Waals surface area contributed by atoms with E-state index in [1.165, 1.54) is 0 Å². The third-order valence-corrected chi connectivity index (χ3v) is 3.23. The van der Waals surface area contributed by atoms with Crippen molar-refractivity contribution < 1.29 is 9.53 Å². The molecule has 2 atom stereocenters. The molecule has 2 nitrogen and oxygen atoms in total. The van der Waals surface area contributed by atoms with E-state index in [-0.39, 0.29) is 5.97 Å². The summed E-state index contributed by atoms with van der Waals surface area (Å²) in [5.74, 6) is 0.236. The first-order chi connectivity index (χ1) is 8.38. The van der Waals surface area contributed by atoms with Gasteiger partial charge in [-0.15, -0.1) is 6.58 Å². The number of esters is 1. The molecule has 0 aliphatic heterocycles. The molecule has 0 aliphatic rings. The fourth-order valence-electron chi connectivity index (χ4n) is 1.71. The third-order valence-electron chi connectivity index (χ3n) is 3.23. The Bertz CT molecular complexity index is 317. The fourth-order valence-corrected chi connectivity index (χ4v) is 1.71. The van der Waals surface area contributed by atoms with Gasteiger partial charge in [0.25, 0.3) is 0 Å². The molecule has 0 aromatic rings. The number of carbonyl (C=O) groups is 1. The molecular formula is C16H26O2. The van der Waals surface area contributed by atoms with Crippen LogP contribution in [0.15, 0.2) is 37.5 Å². The Hall–Kier alpha value is -1.31. The molecule has 102 valence electrons. The van der Waals surface area contributed by atoms with E-state index in [4.69, 9.17) is 4.74 Å². The lowest BCUT2D eigenvalue weighted by Crippen LogP contribution is -2.30. The highest BCUT2D eigenvalue weighted by Crippen LogP contribution is 2.26. The van der Waals surface area contributed by atoms with Crippen LogP contribution in [0.3, 0.4) is 0 Å². The molecule has 0 bridgehead atoms. The van der Waals surface area contributed by atoms with Crippen LogP contribution in [0.5, 0.6) is 0 Å². The van der Waals surface area contributed by atoms with Crippen LogP contribution in [-0.4, -0.2) is 11.6 Å². The van der Waals surface area contributed by atoms with Crippen molar-refractivity contribution in [2.24, 2.45) is 5.92 Å². The van der Waals surface area contributed by atoms with Crippen molar-refractivity contribution in [2.45, 2.75) is 52.1 Å². The summed E-state index contributed by atoms with van der Waals surface area (Å²) in [7, 11) is 0. The third kappa shape index (κ3) is 5.85. The van der Waals surface area contributed by atoms with Crippen molar-refractivity contribution >= 4 is 5.97 Å². The maximum absolute atomic E-state index is 11.6. The average molecular weight is 250 g/mol. The minimum atomic E-state index is -0.607. The second-order valence-electron chi connectivity index (χ2n) is 5.02. The number of rotatable bonds is 9. The number of hydrogen-bond acceptors (Lipinski definition) is 2. The van der Waals surface area contributed by atoms with Gasteiger partial charge in [-0.25, -0.2) is 4.79 Å². The van der Waals surface area contributed by atoms with Gasteiger partial charge >= 0.3 is 5.97 Å². The van der Waals surface area contributed by atoms with Crippen molar-refractivity contribution in [3.8, 4) is 0 Å². The van der Waals surface area contributed by atoms with E-state index in [1.807, 2.05) is 13.0 Å². The molecule has 0 saturated heterocycles. The van der Waals surface area contributed by atoms with Crippen LogP contribution in [0.4, 0.5) is 0 Å². The molecule has 0 N–H and O–H groups in total. The molecule has 0 aromatic carbocycles. The van der Waals surface area contributed by atoms with Gasteiger partial charge in [-0.3, -0.25) is 0 Å². The quantitative estimate of drug-likeness (QED) is 0.344. The number of ether oxygens (including phenoxy) is 1. The van der Waals surface area contributed by atoms with Crippen LogP contribution in [-0.2, 0) is 9.53 Å². The second kappa shape index (κ2) is 7.91. The molecule has 2 heteroatoms. The van der Waals surface area contributed by atoms with Crippen molar-refractivity contribution in [2.75, 3.05) is 0 Å². The Morgan fingerprint density at radius 1 is 1.44 bits per heavy atom. The topological polar surface area (TPSA) is 26.3 Å². The predicted molar refractivity (Wildman–Crippen MR) is 77.3 cm³/mol. The van der Waals surface area contributed by atoms with Crippen LogP contribution in [0.1, 0.15) is 46.5 Å². The minimum absolute atomic E-state index is 0.353. The van der Waals surface area contributed by atoms with Crippen LogP contribution < -0.4 is 0 Å². The first-order valence-electron chi connectivity index (χ1n) is 6.51. The van der Waals surface area contributed by atoms with Crippen LogP contribution >= 0.6 is 0 Å². The van der Waals surface area contributed by atoms with Gasteiger partial charge in [0, 0.05) is 5.57 Å². The highest BCUT2D eigenvalue weighted by atomic mass is 16.6. The molecular weight excluding hydrogens is 224 g/mol. The Labute approximate surface area is 111 Å². The molecule has 0 spiro atoms. The molecule has 0 saturated carbocycles. The normalized spacial score (nSPS) is 15.3. The monoisotopic (exact) mass is 250 g/mol. The van der Waals surface area contributed by atoms with Gasteiger partial charge in [0.1, 0.15) is 5.60 Å². The summed E-state index contributed by atoms with van der Waals surface area (Å²) in [6.07, 6.45) is 7.52. The summed E-state index contributed by atoms with van der Waals surface area (Å²) < 4.78 is 5.44. The van der Waals surface area contributed by atoms with Gasteiger partial charge in [-0.2, -0.15) is 0 Å². The van der Waals surface area contributed by atoms with Gasteiger partial charge in [0.05, 0.1) is 0 Å². The summed E-state index contributed by atoms with van der Waals surface area (Å²) in [4.78, 5) is 11.6. The summed E-state index contributed by atoms with van der Waals surface area (Å²) in [5.41, 5.74) is -0.189. The van der Waals surface area contributed by atoms with Gasteiger partial charge in [-0.1, -0.05) is 32.6 Å².